The van der Waals surface area contributed by atoms with E-state index in [0.717, 1.165) is 116 Å². The van der Waals surface area contributed by atoms with Gasteiger partial charge in [-0.2, -0.15) is 0 Å². The van der Waals surface area contributed by atoms with E-state index in [1.54, 1.807) is 0 Å². The molecule has 17 atom stereocenters. The van der Waals surface area contributed by atoms with Crippen molar-refractivity contribution in [1.82, 2.24) is 5.32 Å². The first-order chi connectivity index (χ1) is 44.8. The fourth-order valence-electron chi connectivity index (χ4n) is 11.4. The summed E-state index contributed by atoms with van der Waals surface area (Å²) >= 11 is 0. The van der Waals surface area contributed by atoms with Crippen molar-refractivity contribution in [1.29, 1.82) is 0 Å². The molecule has 0 aliphatic carbocycles. The minimum atomic E-state index is -1.98. The summed E-state index contributed by atoms with van der Waals surface area (Å²) < 4.78 is 34.4. The predicted octanol–water partition coefficient (Wildman–Crippen LogP) is 9.66. The Bertz CT molecular complexity index is 2040. The Kier molecular flexibility index (Phi) is 48.5. The zero-order chi connectivity index (χ0) is 66.8. The molecule has 3 heterocycles. The second-order valence-corrected chi connectivity index (χ2v) is 25.0. The van der Waals surface area contributed by atoms with Gasteiger partial charge in [-0.25, -0.2) is 0 Å². The molecule has 530 valence electrons. The van der Waals surface area contributed by atoms with Crippen LogP contribution >= 0.6 is 0 Å². The molecule has 12 N–H and O–H groups in total. The van der Waals surface area contributed by atoms with Crippen molar-refractivity contribution < 1.29 is 89.4 Å². The molecule has 0 spiro atoms. The lowest BCUT2D eigenvalue weighted by Gasteiger charge is -2.48. The Morgan fingerprint density at radius 2 is 0.750 bits per heavy atom. The highest BCUT2D eigenvalue weighted by Crippen LogP contribution is 2.33. The van der Waals surface area contributed by atoms with Crippen LogP contribution in [0.2, 0.25) is 0 Å². The number of unbranched alkanes of at least 4 members (excludes halogenated alkanes) is 21. The van der Waals surface area contributed by atoms with Crippen LogP contribution in [0.1, 0.15) is 226 Å². The number of ether oxygens (including phenoxy) is 6. The lowest BCUT2D eigenvalue weighted by Crippen LogP contribution is -2.66. The third-order valence-electron chi connectivity index (χ3n) is 17.2. The van der Waals surface area contributed by atoms with Crippen LogP contribution in [0.5, 0.6) is 0 Å². The molecular formula is C73H125NO18. The molecule has 3 aliphatic rings. The van der Waals surface area contributed by atoms with Crippen molar-refractivity contribution >= 4 is 5.91 Å². The number of carbonyl (C=O) groups is 1. The minimum Gasteiger partial charge on any atom is -0.394 e. The molecule has 1 amide bonds. The van der Waals surface area contributed by atoms with Gasteiger partial charge in [0.2, 0.25) is 5.91 Å². The van der Waals surface area contributed by atoms with E-state index in [1.807, 2.05) is 0 Å². The van der Waals surface area contributed by atoms with Gasteiger partial charge in [0.05, 0.1) is 38.6 Å². The maximum absolute atomic E-state index is 13.4. The molecule has 0 bridgehead atoms. The number of nitrogens with one attached hydrogen (secondary N) is 1. The Morgan fingerprint density at radius 1 is 0.402 bits per heavy atom. The van der Waals surface area contributed by atoms with Crippen LogP contribution in [0.3, 0.4) is 0 Å². The van der Waals surface area contributed by atoms with Gasteiger partial charge in [0.15, 0.2) is 18.9 Å². The maximum Gasteiger partial charge on any atom is 0.220 e. The quantitative estimate of drug-likeness (QED) is 0.0199. The molecular weight excluding hydrogens is 1180 g/mol. The third-order valence-corrected chi connectivity index (χ3v) is 17.2. The van der Waals surface area contributed by atoms with Crippen LogP contribution in [-0.2, 0) is 33.2 Å². The van der Waals surface area contributed by atoms with Gasteiger partial charge in [-0.15, -0.1) is 0 Å². The summed E-state index contributed by atoms with van der Waals surface area (Å²) in [6.07, 6.45) is 43.4. The van der Waals surface area contributed by atoms with Crippen LogP contribution in [0.15, 0.2) is 97.2 Å². The van der Waals surface area contributed by atoms with E-state index in [0.29, 0.717) is 12.8 Å². The zero-order valence-corrected chi connectivity index (χ0v) is 56.0. The van der Waals surface area contributed by atoms with Gasteiger partial charge < -0.3 is 89.9 Å². The largest absolute Gasteiger partial charge is 0.394 e. The second kappa shape index (κ2) is 53.8. The van der Waals surface area contributed by atoms with Gasteiger partial charge in [0.25, 0.3) is 0 Å². The van der Waals surface area contributed by atoms with E-state index >= 15 is 0 Å². The maximum atomic E-state index is 13.4. The Hall–Kier alpha value is -3.29. The van der Waals surface area contributed by atoms with Crippen molar-refractivity contribution in [3.63, 3.8) is 0 Å². The number of aliphatic hydroxyl groups excluding tert-OH is 11. The molecule has 19 nitrogen and oxygen atoms in total. The molecule has 3 saturated heterocycles. The predicted molar refractivity (Wildman–Crippen MR) is 360 cm³/mol. The fourth-order valence-corrected chi connectivity index (χ4v) is 11.4. The van der Waals surface area contributed by atoms with Crippen molar-refractivity contribution in [2.45, 2.75) is 330 Å². The van der Waals surface area contributed by atoms with Gasteiger partial charge in [-0.05, 0) is 77.0 Å². The molecule has 3 rings (SSSR count). The normalized spacial score (nSPS) is 28.3. The van der Waals surface area contributed by atoms with Crippen molar-refractivity contribution in [2.75, 3.05) is 26.4 Å². The number of amides is 1. The average Bonchev–Trinajstić information content (AvgIpc) is 0.840. The molecule has 0 aromatic rings. The Morgan fingerprint density at radius 3 is 1.17 bits per heavy atom. The first kappa shape index (κ1) is 82.9. The second-order valence-electron chi connectivity index (χ2n) is 25.0. The molecule has 19 heteroatoms. The van der Waals surface area contributed by atoms with E-state index in [1.165, 1.54) is 77.0 Å². The molecule has 0 aromatic carbocycles. The van der Waals surface area contributed by atoms with Crippen LogP contribution in [0.25, 0.3) is 0 Å². The average molecular weight is 1300 g/mol. The summed E-state index contributed by atoms with van der Waals surface area (Å²) in [4.78, 5) is 13.4. The summed E-state index contributed by atoms with van der Waals surface area (Å²) in [5.74, 6) is -0.255. The molecule has 0 saturated carbocycles. The summed E-state index contributed by atoms with van der Waals surface area (Å²) in [5, 5.41) is 121. The summed E-state index contributed by atoms with van der Waals surface area (Å²) in [7, 11) is 0. The number of allylic oxidation sites excluding steroid dienone is 16. The van der Waals surface area contributed by atoms with Crippen molar-refractivity contribution in [2.24, 2.45) is 0 Å². The number of aliphatic hydroxyl groups is 11. The lowest BCUT2D eigenvalue weighted by molar-refractivity contribution is -0.379. The van der Waals surface area contributed by atoms with Crippen LogP contribution < -0.4 is 5.32 Å². The van der Waals surface area contributed by atoms with Crippen molar-refractivity contribution in [3.8, 4) is 0 Å². The first-order valence-electron chi connectivity index (χ1n) is 35.5. The number of rotatable bonds is 53. The molecule has 3 fully saturated rings. The molecule has 0 aromatic heterocycles. The van der Waals surface area contributed by atoms with E-state index < -0.39 is 124 Å². The molecule has 3 aliphatic heterocycles. The smallest absolute Gasteiger partial charge is 0.220 e. The lowest BCUT2D eigenvalue weighted by atomic mass is 9.96. The van der Waals surface area contributed by atoms with Crippen molar-refractivity contribution in [3.05, 3.63) is 97.2 Å². The van der Waals surface area contributed by atoms with Gasteiger partial charge >= 0.3 is 0 Å². The number of hydrogen-bond donors (Lipinski definition) is 12. The van der Waals surface area contributed by atoms with Gasteiger partial charge in [0.1, 0.15) is 73.2 Å². The van der Waals surface area contributed by atoms with E-state index in [4.69, 9.17) is 28.4 Å². The van der Waals surface area contributed by atoms with E-state index in [9.17, 15) is 61.0 Å². The first-order valence-corrected chi connectivity index (χ1v) is 35.5. The highest BCUT2D eigenvalue weighted by Gasteiger charge is 2.53. The van der Waals surface area contributed by atoms with E-state index in [-0.39, 0.29) is 18.9 Å². The molecule has 0 radical (unpaired) electrons. The van der Waals surface area contributed by atoms with Crippen LogP contribution in [0, 0.1) is 0 Å². The zero-order valence-electron chi connectivity index (χ0n) is 56.0. The van der Waals surface area contributed by atoms with Crippen LogP contribution in [-0.4, -0.2) is 193 Å². The minimum absolute atomic E-state index is 0.251. The van der Waals surface area contributed by atoms with E-state index in [2.05, 4.69) is 116 Å². The van der Waals surface area contributed by atoms with Gasteiger partial charge in [-0.3, -0.25) is 4.79 Å². The highest BCUT2D eigenvalue weighted by atomic mass is 16.8. The summed E-state index contributed by atoms with van der Waals surface area (Å²) in [5.41, 5.74) is 0. The molecule has 17 unspecified atom stereocenters. The highest BCUT2D eigenvalue weighted by molar-refractivity contribution is 5.76. The topological polar surface area (TPSA) is 307 Å². The monoisotopic (exact) mass is 1300 g/mol. The standard InChI is InChI=1S/C73H125NO18/c1-3-5-7-9-11-13-15-17-19-20-21-22-23-24-25-26-27-28-29-30-31-32-33-34-35-36-37-39-41-43-45-47-49-51-61(79)74-56(57(78)50-48-46-44-42-40-38-18-16-14-12-10-8-6-4-2)55-87-71-67(85)64(82)69(59(53-76)89-71)92-73-68(86)65(83)70(60(54-77)90-73)91-72-66(84)63(81)62(80)58(52-75)88-72/h5,7,11,13,17,19,21-22,24-25,27-28,30-31,33-34,56-60,62-73,75-78,80-86H,3-4,6,8-10,12,14-16,18,20,23,26,29,32,35-55H2,1-2H3,(H,74,79)/b7-5-,13-11-,19-17-,22-21-,25-24-,28-27-,31-30-,34-33-. The third kappa shape index (κ3) is 35.1. The summed E-state index contributed by atoms with van der Waals surface area (Å²) in [6, 6.07) is -0.898. The van der Waals surface area contributed by atoms with Gasteiger partial charge in [0, 0.05) is 6.42 Å². The Balaban J connectivity index is 1.38. The number of hydrogen-bond acceptors (Lipinski definition) is 18. The Labute approximate surface area is 552 Å². The molecule has 92 heavy (non-hydrogen) atoms. The van der Waals surface area contributed by atoms with Gasteiger partial charge in [-0.1, -0.05) is 239 Å². The SMILES string of the molecule is CC/C=C\C/C=C\C/C=C\C/C=C\C/C=C\C/C=C\C/C=C\C/C=C\CCCCCCCCCCC(=O)NC(COC1OC(CO)C(OC2OC(CO)C(OC3OC(CO)C(O)C(O)C3O)C(O)C2O)C(O)C1O)C(O)CCCCCCCCCCCCCCCC. The summed E-state index contributed by atoms with van der Waals surface area (Å²) in [6.45, 7) is 1.66. The number of carbonyl (C=O) groups excluding carboxylic acids is 1. The van der Waals surface area contributed by atoms with Crippen LogP contribution in [0.4, 0.5) is 0 Å². The fraction of sp³-hybridized carbons (Fsp3) is 0.767.